The Morgan fingerprint density at radius 2 is 2.05 bits per heavy atom. The summed E-state index contributed by atoms with van der Waals surface area (Å²) in [6.07, 6.45) is 1.13. The topological polar surface area (TPSA) is 36.4 Å². The molecule has 1 aromatic heterocycles. The van der Waals surface area contributed by atoms with Crippen LogP contribution in [0.3, 0.4) is 0 Å². The van der Waals surface area contributed by atoms with Gasteiger partial charge in [-0.25, -0.2) is 4.98 Å². The van der Waals surface area contributed by atoms with Crippen molar-refractivity contribution in [1.82, 2.24) is 4.98 Å². The molecule has 1 unspecified atom stereocenters. The zero-order valence-electron chi connectivity index (χ0n) is 12.0. The van der Waals surface area contributed by atoms with E-state index in [2.05, 4.69) is 41.1 Å². The van der Waals surface area contributed by atoms with E-state index in [1.165, 1.54) is 11.3 Å². The zero-order valence-corrected chi connectivity index (χ0v) is 12.0. The van der Waals surface area contributed by atoms with Crippen molar-refractivity contribution < 1.29 is 5.11 Å². The molecule has 3 rings (SSSR count). The summed E-state index contributed by atoms with van der Waals surface area (Å²) in [5.41, 5.74) is 4.44. The van der Waals surface area contributed by atoms with Crippen LogP contribution in [0.5, 0.6) is 0 Å². The molecule has 0 saturated carbocycles. The van der Waals surface area contributed by atoms with Crippen LogP contribution in [0.1, 0.15) is 23.7 Å². The fourth-order valence-corrected chi connectivity index (χ4v) is 2.91. The van der Waals surface area contributed by atoms with E-state index in [9.17, 15) is 5.11 Å². The molecule has 2 aromatic rings. The van der Waals surface area contributed by atoms with Gasteiger partial charge < -0.3 is 10.0 Å². The van der Waals surface area contributed by atoms with E-state index in [0.717, 1.165) is 30.0 Å². The lowest BCUT2D eigenvalue weighted by Crippen LogP contribution is -2.31. The summed E-state index contributed by atoms with van der Waals surface area (Å²) in [6.45, 7) is 5.26. The highest BCUT2D eigenvalue weighted by Gasteiger charge is 2.23. The van der Waals surface area contributed by atoms with E-state index in [-0.39, 0.29) is 6.61 Å². The lowest BCUT2D eigenvalue weighted by atomic mass is 9.94. The second kappa shape index (κ2) is 5.25. The normalized spacial score (nSPS) is 17.9. The molecule has 0 fully saturated rings. The number of benzene rings is 1. The summed E-state index contributed by atoms with van der Waals surface area (Å²) in [5, 5.41) is 9.27. The van der Waals surface area contributed by atoms with Crippen LogP contribution in [0.4, 0.5) is 11.5 Å². The highest BCUT2D eigenvalue weighted by molar-refractivity contribution is 5.65. The predicted molar refractivity (Wildman–Crippen MR) is 81.2 cm³/mol. The number of nitrogens with zero attached hydrogens (tertiary/aromatic N) is 2. The summed E-state index contributed by atoms with van der Waals surface area (Å²) in [4.78, 5) is 6.96. The average Bonchev–Trinajstić information content (AvgIpc) is 2.46. The quantitative estimate of drug-likeness (QED) is 0.908. The van der Waals surface area contributed by atoms with Gasteiger partial charge in [0.1, 0.15) is 5.82 Å². The van der Waals surface area contributed by atoms with Gasteiger partial charge in [0, 0.05) is 17.9 Å². The Kier molecular flexibility index (Phi) is 3.45. The molecular formula is C17H20N2O. The van der Waals surface area contributed by atoms with Crippen LogP contribution in [0.25, 0.3) is 0 Å². The number of hydrogen-bond donors (Lipinski definition) is 1. The second-order valence-electron chi connectivity index (χ2n) is 5.62. The molecule has 3 nitrogen and oxygen atoms in total. The Labute approximate surface area is 119 Å². The maximum atomic E-state index is 9.27. The Balaban J connectivity index is 2.04. The molecule has 1 aliphatic heterocycles. The molecule has 1 N–H and O–H groups in total. The van der Waals surface area contributed by atoms with Crippen LogP contribution < -0.4 is 4.90 Å². The molecular weight excluding hydrogens is 248 g/mol. The number of aliphatic hydroxyl groups is 1. The fraction of sp³-hybridized carbons (Fsp3) is 0.353. The van der Waals surface area contributed by atoms with Crippen LogP contribution in [0.2, 0.25) is 0 Å². The fourth-order valence-electron chi connectivity index (χ4n) is 2.91. The predicted octanol–water partition coefficient (Wildman–Crippen LogP) is 3.21. The summed E-state index contributed by atoms with van der Waals surface area (Å²) in [5.74, 6) is 1.59. The van der Waals surface area contributed by atoms with Crippen molar-refractivity contribution in [3.63, 3.8) is 0 Å². The van der Waals surface area contributed by atoms with Crippen LogP contribution >= 0.6 is 0 Å². The van der Waals surface area contributed by atoms with Crippen molar-refractivity contribution in [3.05, 3.63) is 53.2 Å². The number of aryl methyl sites for hydroxylation is 1. The SMILES string of the molecule is Cc1nc(N2CC(C)Cc3ccccc32)ccc1CO. The van der Waals surface area contributed by atoms with Gasteiger partial charge in [0.2, 0.25) is 0 Å². The number of rotatable bonds is 2. The van der Waals surface area contributed by atoms with Crippen LogP contribution in [-0.4, -0.2) is 16.6 Å². The number of para-hydroxylation sites is 1. The van der Waals surface area contributed by atoms with Gasteiger partial charge in [0.05, 0.1) is 6.61 Å². The molecule has 20 heavy (non-hydrogen) atoms. The molecule has 2 heterocycles. The third kappa shape index (κ3) is 2.29. The number of aromatic nitrogens is 1. The van der Waals surface area contributed by atoms with E-state index in [4.69, 9.17) is 0 Å². The minimum Gasteiger partial charge on any atom is -0.392 e. The summed E-state index contributed by atoms with van der Waals surface area (Å²) < 4.78 is 0. The molecule has 0 spiro atoms. The lowest BCUT2D eigenvalue weighted by Gasteiger charge is -2.34. The molecule has 3 heteroatoms. The van der Waals surface area contributed by atoms with Crippen molar-refractivity contribution in [2.24, 2.45) is 5.92 Å². The Morgan fingerprint density at radius 1 is 1.25 bits per heavy atom. The first-order chi connectivity index (χ1) is 9.69. The van der Waals surface area contributed by atoms with Crippen molar-refractivity contribution in [2.75, 3.05) is 11.4 Å². The Hall–Kier alpha value is -1.87. The molecule has 1 aromatic carbocycles. The molecule has 1 atom stereocenters. The van der Waals surface area contributed by atoms with Gasteiger partial charge in [-0.1, -0.05) is 31.2 Å². The van der Waals surface area contributed by atoms with E-state index in [1.54, 1.807) is 0 Å². The van der Waals surface area contributed by atoms with Crippen molar-refractivity contribution in [1.29, 1.82) is 0 Å². The lowest BCUT2D eigenvalue weighted by molar-refractivity contribution is 0.280. The monoisotopic (exact) mass is 268 g/mol. The first-order valence-electron chi connectivity index (χ1n) is 7.12. The minimum atomic E-state index is 0.0477. The molecule has 0 aliphatic carbocycles. The van der Waals surface area contributed by atoms with E-state index >= 15 is 0 Å². The first kappa shape index (κ1) is 13.1. The maximum absolute atomic E-state index is 9.27. The Morgan fingerprint density at radius 3 is 2.80 bits per heavy atom. The summed E-state index contributed by atoms with van der Waals surface area (Å²) in [6, 6.07) is 12.5. The largest absolute Gasteiger partial charge is 0.392 e. The molecule has 0 radical (unpaired) electrons. The van der Waals surface area contributed by atoms with Gasteiger partial charge in [0.25, 0.3) is 0 Å². The van der Waals surface area contributed by atoms with Crippen LogP contribution in [0, 0.1) is 12.8 Å². The van der Waals surface area contributed by atoms with Crippen LogP contribution in [-0.2, 0) is 13.0 Å². The standard InChI is InChI=1S/C17H20N2O/c1-12-9-14-5-3-4-6-16(14)19(10-12)17-8-7-15(11-20)13(2)18-17/h3-8,12,20H,9-11H2,1-2H3. The van der Waals surface area contributed by atoms with Crippen molar-refractivity contribution in [2.45, 2.75) is 26.9 Å². The number of aliphatic hydroxyl groups excluding tert-OH is 1. The van der Waals surface area contributed by atoms with Crippen molar-refractivity contribution >= 4 is 11.5 Å². The smallest absolute Gasteiger partial charge is 0.133 e. The highest BCUT2D eigenvalue weighted by Crippen LogP contribution is 2.34. The van der Waals surface area contributed by atoms with E-state index < -0.39 is 0 Å². The summed E-state index contributed by atoms with van der Waals surface area (Å²) in [7, 11) is 0. The highest BCUT2D eigenvalue weighted by atomic mass is 16.3. The van der Waals surface area contributed by atoms with Gasteiger partial charge in [0.15, 0.2) is 0 Å². The molecule has 0 saturated heterocycles. The molecule has 104 valence electrons. The Bertz CT molecular complexity index is 624. The molecule has 1 aliphatic rings. The minimum absolute atomic E-state index is 0.0477. The number of hydrogen-bond acceptors (Lipinski definition) is 3. The van der Waals surface area contributed by atoms with Gasteiger partial charge >= 0.3 is 0 Å². The van der Waals surface area contributed by atoms with Gasteiger partial charge in [-0.05, 0) is 42.5 Å². The van der Waals surface area contributed by atoms with Crippen molar-refractivity contribution in [3.8, 4) is 0 Å². The third-order valence-corrected chi connectivity index (χ3v) is 3.97. The maximum Gasteiger partial charge on any atom is 0.133 e. The second-order valence-corrected chi connectivity index (χ2v) is 5.62. The van der Waals surface area contributed by atoms with Gasteiger partial charge in [-0.3, -0.25) is 0 Å². The zero-order chi connectivity index (χ0) is 14.1. The summed E-state index contributed by atoms with van der Waals surface area (Å²) >= 11 is 0. The molecule has 0 amide bonds. The number of fused-ring (bicyclic) bond motifs is 1. The third-order valence-electron chi connectivity index (χ3n) is 3.97. The number of anilines is 2. The van der Waals surface area contributed by atoms with Crippen LogP contribution in [0.15, 0.2) is 36.4 Å². The van der Waals surface area contributed by atoms with Gasteiger partial charge in [-0.15, -0.1) is 0 Å². The molecule has 0 bridgehead atoms. The first-order valence-corrected chi connectivity index (χ1v) is 7.12. The van der Waals surface area contributed by atoms with Gasteiger partial charge in [-0.2, -0.15) is 0 Å². The average molecular weight is 268 g/mol. The number of pyridine rings is 1. The van der Waals surface area contributed by atoms with E-state index in [0.29, 0.717) is 5.92 Å². The van der Waals surface area contributed by atoms with E-state index in [1.807, 2.05) is 19.1 Å².